The quantitative estimate of drug-likeness (QED) is 0.880. The molecule has 2 aromatic rings. The van der Waals surface area contributed by atoms with Crippen molar-refractivity contribution in [1.82, 2.24) is 9.78 Å². The van der Waals surface area contributed by atoms with Crippen molar-refractivity contribution in [3.63, 3.8) is 0 Å². The highest BCUT2D eigenvalue weighted by atomic mass is 16.5. The lowest BCUT2D eigenvalue weighted by Gasteiger charge is -2.12. The first kappa shape index (κ1) is 14.1. The first-order chi connectivity index (χ1) is 9.69. The number of ether oxygens (including phenoxy) is 1. The molecule has 1 N–H and O–H groups in total. The molecule has 0 aliphatic carbocycles. The van der Waals surface area contributed by atoms with Crippen LogP contribution in [0, 0.1) is 0 Å². The maximum absolute atomic E-state index is 11.9. The van der Waals surface area contributed by atoms with Gasteiger partial charge in [0.25, 0.3) is 0 Å². The molecule has 1 heterocycles. The van der Waals surface area contributed by atoms with E-state index in [-0.39, 0.29) is 11.9 Å². The molecule has 0 bridgehead atoms. The number of hydrogen-bond donors (Lipinski definition) is 1. The number of carbonyl (C=O) groups is 1. The number of carbonyl (C=O) groups excluding carboxylic acids is 1. The number of rotatable bonds is 6. The molecule has 106 valence electrons. The van der Waals surface area contributed by atoms with Crippen LogP contribution >= 0.6 is 0 Å². The minimum absolute atomic E-state index is 0.0304. The van der Waals surface area contributed by atoms with Gasteiger partial charge in [-0.3, -0.25) is 9.48 Å². The van der Waals surface area contributed by atoms with Crippen molar-refractivity contribution in [3.8, 4) is 5.75 Å². The van der Waals surface area contributed by atoms with Gasteiger partial charge in [0.05, 0.1) is 12.6 Å². The Labute approximate surface area is 118 Å². The van der Waals surface area contributed by atoms with Crippen molar-refractivity contribution >= 4 is 11.6 Å². The standard InChI is InChI=1S/C15H19N3O2/c1-3-20-14-7-5-13(6-8-14)17-15(19)11-12(2)18-10-4-9-16-18/h4-10,12H,3,11H2,1-2H3,(H,17,19)/t12-/m1/s1. The number of aromatic nitrogens is 2. The third-order valence-electron chi connectivity index (χ3n) is 2.91. The summed E-state index contributed by atoms with van der Waals surface area (Å²) in [6, 6.07) is 9.24. The van der Waals surface area contributed by atoms with E-state index in [4.69, 9.17) is 4.74 Å². The Kier molecular flexibility index (Phi) is 4.76. The molecule has 1 amide bonds. The summed E-state index contributed by atoms with van der Waals surface area (Å²) in [5.41, 5.74) is 0.770. The van der Waals surface area contributed by atoms with Crippen molar-refractivity contribution < 1.29 is 9.53 Å². The molecular weight excluding hydrogens is 254 g/mol. The van der Waals surface area contributed by atoms with Crippen LogP contribution in [0.1, 0.15) is 26.3 Å². The van der Waals surface area contributed by atoms with Crippen LogP contribution in [0.4, 0.5) is 5.69 Å². The van der Waals surface area contributed by atoms with Crippen LogP contribution < -0.4 is 10.1 Å². The van der Waals surface area contributed by atoms with Crippen LogP contribution in [-0.4, -0.2) is 22.3 Å². The lowest BCUT2D eigenvalue weighted by Crippen LogP contribution is -2.17. The van der Waals surface area contributed by atoms with Crippen LogP contribution in [0.3, 0.4) is 0 Å². The fourth-order valence-electron chi connectivity index (χ4n) is 1.92. The maximum Gasteiger partial charge on any atom is 0.226 e. The number of benzene rings is 1. The third-order valence-corrected chi connectivity index (χ3v) is 2.91. The molecule has 0 radical (unpaired) electrons. The largest absolute Gasteiger partial charge is 0.494 e. The van der Waals surface area contributed by atoms with Crippen LogP contribution in [0.15, 0.2) is 42.7 Å². The molecule has 1 atom stereocenters. The average molecular weight is 273 g/mol. The van der Waals surface area contributed by atoms with Crippen LogP contribution in [0.2, 0.25) is 0 Å². The van der Waals surface area contributed by atoms with Crippen LogP contribution in [0.25, 0.3) is 0 Å². The van der Waals surface area contributed by atoms with E-state index in [1.54, 1.807) is 10.9 Å². The van der Waals surface area contributed by atoms with E-state index < -0.39 is 0 Å². The van der Waals surface area contributed by atoms with Gasteiger partial charge in [0.15, 0.2) is 0 Å². The smallest absolute Gasteiger partial charge is 0.226 e. The zero-order chi connectivity index (χ0) is 14.4. The van der Waals surface area contributed by atoms with Crippen molar-refractivity contribution in [2.24, 2.45) is 0 Å². The second-order valence-corrected chi connectivity index (χ2v) is 4.54. The van der Waals surface area contributed by atoms with Gasteiger partial charge in [0.1, 0.15) is 5.75 Å². The molecule has 1 aromatic carbocycles. The van der Waals surface area contributed by atoms with E-state index in [0.29, 0.717) is 13.0 Å². The van der Waals surface area contributed by atoms with E-state index in [2.05, 4.69) is 10.4 Å². The third kappa shape index (κ3) is 3.85. The van der Waals surface area contributed by atoms with Crippen molar-refractivity contribution in [2.45, 2.75) is 26.3 Å². The lowest BCUT2D eigenvalue weighted by atomic mass is 10.2. The lowest BCUT2D eigenvalue weighted by molar-refractivity contribution is -0.116. The van der Waals surface area contributed by atoms with Gasteiger partial charge in [-0.1, -0.05) is 0 Å². The predicted molar refractivity (Wildman–Crippen MR) is 77.8 cm³/mol. The SMILES string of the molecule is CCOc1ccc(NC(=O)C[C@@H](C)n2cccn2)cc1. The summed E-state index contributed by atoms with van der Waals surface area (Å²) in [6.45, 7) is 4.53. The summed E-state index contributed by atoms with van der Waals surface area (Å²) in [6.07, 6.45) is 3.95. The van der Waals surface area contributed by atoms with Crippen LogP contribution in [-0.2, 0) is 4.79 Å². The van der Waals surface area contributed by atoms with Crippen molar-refractivity contribution in [3.05, 3.63) is 42.7 Å². The highest BCUT2D eigenvalue weighted by Gasteiger charge is 2.11. The molecule has 1 aromatic heterocycles. The van der Waals surface area contributed by atoms with E-state index in [1.165, 1.54) is 0 Å². The Morgan fingerprint density at radius 2 is 2.15 bits per heavy atom. The minimum atomic E-state index is -0.0304. The van der Waals surface area contributed by atoms with Crippen molar-refractivity contribution in [2.75, 3.05) is 11.9 Å². The fraction of sp³-hybridized carbons (Fsp3) is 0.333. The molecule has 0 aliphatic rings. The van der Waals surface area contributed by atoms with Gasteiger partial charge < -0.3 is 10.1 Å². The van der Waals surface area contributed by atoms with E-state index in [9.17, 15) is 4.79 Å². The Balaban J connectivity index is 1.87. The van der Waals surface area contributed by atoms with Gasteiger partial charge in [-0.2, -0.15) is 5.10 Å². The highest BCUT2D eigenvalue weighted by Crippen LogP contribution is 2.17. The van der Waals surface area contributed by atoms with Gasteiger partial charge >= 0.3 is 0 Å². The van der Waals surface area contributed by atoms with Gasteiger partial charge in [-0.05, 0) is 44.2 Å². The Bertz CT molecular complexity index is 535. The number of amides is 1. The molecule has 5 heteroatoms. The summed E-state index contributed by atoms with van der Waals surface area (Å²) in [7, 11) is 0. The molecule has 0 fully saturated rings. The normalized spacial score (nSPS) is 11.9. The molecule has 20 heavy (non-hydrogen) atoms. The average Bonchev–Trinajstić information content (AvgIpc) is 2.95. The maximum atomic E-state index is 11.9. The van der Waals surface area contributed by atoms with Crippen molar-refractivity contribution in [1.29, 1.82) is 0 Å². The van der Waals surface area contributed by atoms with Gasteiger partial charge in [0.2, 0.25) is 5.91 Å². The summed E-state index contributed by atoms with van der Waals surface area (Å²) in [5, 5.41) is 7.00. The summed E-state index contributed by atoms with van der Waals surface area (Å²) >= 11 is 0. The second kappa shape index (κ2) is 6.75. The molecule has 0 unspecified atom stereocenters. The molecule has 0 spiro atoms. The monoisotopic (exact) mass is 273 g/mol. The van der Waals surface area contributed by atoms with Gasteiger partial charge in [-0.25, -0.2) is 0 Å². The Morgan fingerprint density at radius 3 is 2.75 bits per heavy atom. The second-order valence-electron chi connectivity index (χ2n) is 4.54. The summed E-state index contributed by atoms with van der Waals surface area (Å²) in [5.74, 6) is 0.771. The Morgan fingerprint density at radius 1 is 1.40 bits per heavy atom. The fourth-order valence-corrected chi connectivity index (χ4v) is 1.92. The first-order valence-electron chi connectivity index (χ1n) is 6.71. The molecule has 0 saturated carbocycles. The van der Waals surface area contributed by atoms with Crippen LogP contribution in [0.5, 0.6) is 5.75 Å². The summed E-state index contributed by atoms with van der Waals surface area (Å²) in [4.78, 5) is 11.9. The zero-order valence-electron chi connectivity index (χ0n) is 11.7. The summed E-state index contributed by atoms with van der Waals surface area (Å²) < 4.78 is 7.13. The molecule has 2 rings (SSSR count). The molecule has 0 saturated heterocycles. The highest BCUT2D eigenvalue weighted by molar-refractivity contribution is 5.90. The minimum Gasteiger partial charge on any atom is -0.494 e. The number of nitrogens with one attached hydrogen (secondary N) is 1. The first-order valence-corrected chi connectivity index (χ1v) is 6.71. The molecular formula is C15H19N3O2. The van der Waals surface area contributed by atoms with E-state index >= 15 is 0 Å². The number of anilines is 1. The zero-order valence-corrected chi connectivity index (χ0v) is 11.7. The van der Waals surface area contributed by atoms with Gasteiger partial charge in [-0.15, -0.1) is 0 Å². The molecule has 0 aliphatic heterocycles. The topological polar surface area (TPSA) is 56.1 Å². The molecule has 5 nitrogen and oxygen atoms in total. The van der Waals surface area contributed by atoms with E-state index in [0.717, 1.165) is 11.4 Å². The predicted octanol–water partition coefficient (Wildman–Crippen LogP) is 2.87. The number of nitrogens with zero attached hydrogens (tertiary/aromatic N) is 2. The number of hydrogen-bond acceptors (Lipinski definition) is 3. The van der Waals surface area contributed by atoms with E-state index in [1.807, 2.05) is 50.4 Å². The Hall–Kier alpha value is -2.30. The van der Waals surface area contributed by atoms with Gasteiger partial charge in [0, 0.05) is 24.5 Å².